The van der Waals surface area contributed by atoms with E-state index in [4.69, 9.17) is 9.47 Å². The third-order valence-electron chi connectivity index (χ3n) is 8.85. The van der Waals surface area contributed by atoms with Crippen molar-refractivity contribution in [3.63, 3.8) is 0 Å². The van der Waals surface area contributed by atoms with Gasteiger partial charge in [0.05, 0.1) is 0 Å². The van der Waals surface area contributed by atoms with E-state index >= 15 is 0 Å². The minimum absolute atomic E-state index is 0.0165. The molecule has 3 aliphatic rings. The Bertz CT molecular complexity index is 848. The molecule has 190 valence electrons. The molecule has 0 radical (unpaired) electrons. The summed E-state index contributed by atoms with van der Waals surface area (Å²) in [5.41, 5.74) is 3.98. The molecule has 0 aromatic carbocycles. The number of fused-ring (bicyclic) bond motifs is 1. The lowest BCUT2D eigenvalue weighted by molar-refractivity contribution is -0.154. The highest BCUT2D eigenvalue weighted by Crippen LogP contribution is 2.60. The molecule has 3 fully saturated rings. The van der Waals surface area contributed by atoms with Gasteiger partial charge in [0.25, 0.3) is 0 Å². The first-order valence-electron chi connectivity index (χ1n) is 13.4. The van der Waals surface area contributed by atoms with Crippen molar-refractivity contribution in [1.29, 1.82) is 0 Å². The maximum Gasteiger partial charge on any atom is 0.303 e. The van der Waals surface area contributed by atoms with E-state index in [1.165, 1.54) is 57.1 Å². The predicted molar refractivity (Wildman–Crippen MR) is 137 cm³/mol. The van der Waals surface area contributed by atoms with Gasteiger partial charge in [0.1, 0.15) is 11.7 Å². The van der Waals surface area contributed by atoms with Gasteiger partial charge in [-0.05, 0) is 100 Å². The van der Waals surface area contributed by atoms with Gasteiger partial charge in [-0.3, -0.25) is 9.59 Å². The normalized spacial score (nSPS) is 33.0. The number of ether oxygens (including phenoxy) is 2. The van der Waals surface area contributed by atoms with E-state index < -0.39 is 5.60 Å². The molecule has 0 N–H and O–H groups in total. The maximum absolute atomic E-state index is 11.4. The topological polar surface area (TPSA) is 52.6 Å². The number of hydrogen-bond acceptors (Lipinski definition) is 4. The maximum atomic E-state index is 11.4. The summed E-state index contributed by atoms with van der Waals surface area (Å²) in [4.78, 5) is 22.8. The Balaban J connectivity index is 1.69. The molecule has 0 aliphatic heterocycles. The molecule has 0 spiro atoms. The van der Waals surface area contributed by atoms with Crippen LogP contribution in [0.25, 0.3) is 0 Å². The molecule has 0 heterocycles. The molecule has 0 aromatic heterocycles. The summed E-state index contributed by atoms with van der Waals surface area (Å²) in [6.07, 6.45) is 15.5. The van der Waals surface area contributed by atoms with Crippen molar-refractivity contribution in [1.82, 2.24) is 0 Å². The second-order valence-electron chi connectivity index (χ2n) is 12.0. The van der Waals surface area contributed by atoms with E-state index in [-0.39, 0.29) is 18.0 Å². The van der Waals surface area contributed by atoms with Crippen LogP contribution in [0.5, 0.6) is 0 Å². The third kappa shape index (κ3) is 6.43. The van der Waals surface area contributed by atoms with Gasteiger partial charge in [0, 0.05) is 20.3 Å². The Morgan fingerprint density at radius 1 is 1.15 bits per heavy atom. The first-order valence-corrected chi connectivity index (χ1v) is 13.4. The molecule has 3 rings (SSSR count). The Hall–Kier alpha value is -1.84. The lowest BCUT2D eigenvalue weighted by Gasteiger charge is -2.44. The molecule has 4 nitrogen and oxygen atoms in total. The molecule has 0 bridgehead atoms. The van der Waals surface area contributed by atoms with Crippen molar-refractivity contribution in [3.8, 4) is 0 Å². The van der Waals surface area contributed by atoms with Crippen LogP contribution >= 0.6 is 0 Å². The van der Waals surface area contributed by atoms with Crippen molar-refractivity contribution in [3.05, 3.63) is 35.5 Å². The van der Waals surface area contributed by atoms with Gasteiger partial charge in [-0.15, -0.1) is 0 Å². The Kier molecular flexibility index (Phi) is 8.52. The number of hydrogen-bond donors (Lipinski definition) is 0. The van der Waals surface area contributed by atoms with Crippen molar-refractivity contribution in [2.24, 2.45) is 23.2 Å². The standard InChI is InChI=1S/C30H46O4/c1-20-10-13-26(33-22(3)31)19-25(20)12-11-24-9-8-17-30(7)27(14-15-28(24)30)21(2)16-18-29(5,6)34-23(4)32/h11-12,21,26-28H,1,8-10,13-19H2,2-7H3/t21-,26+,27-,28-,30-/m1/s1. The number of rotatable bonds is 7. The SMILES string of the molecule is C=C1CC[C@H](OC(C)=O)CC1=CC=C1CCC[C@@]2(C)[C@@H]1CC[C@@H]2[C@H](C)CCC(C)(C)OC(C)=O. The van der Waals surface area contributed by atoms with Crippen LogP contribution in [-0.2, 0) is 19.1 Å². The second-order valence-corrected chi connectivity index (χ2v) is 12.0. The van der Waals surface area contributed by atoms with E-state index in [0.717, 1.165) is 32.1 Å². The zero-order chi connectivity index (χ0) is 25.1. The molecule has 5 atom stereocenters. The summed E-state index contributed by atoms with van der Waals surface area (Å²) < 4.78 is 11.0. The van der Waals surface area contributed by atoms with Crippen LogP contribution in [0.15, 0.2) is 35.5 Å². The lowest BCUT2D eigenvalue weighted by Crippen LogP contribution is -2.36. The molecule has 3 aliphatic carbocycles. The van der Waals surface area contributed by atoms with Crippen LogP contribution < -0.4 is 0 Å². The molecular formula is C30H46O4. The van der Waals surface area contributed by atoms with Crippen molar-refractivity contribution < 1.29 is 19.1 Å². The van der Waals surface area contributed by atoms with E-state index in [9.17, 15) is 9.59 Å². The summed E-state index contributed by atoms with van der Waals surface area (Å²) in [6.45, 7) is 16.3. The zero-order valence-electron chi connectivity index (χ0n) is 22.4. The summed E-state index contributed by atoms with van der Waals surface area (Å²) in [5.74, 6) is 1.58. The summed E-state index contributed by atoms with van der Waals surface area (Å²) >= 11 is 0. The summed E-state index contributed by atoms with van der Waals surface area (Å²) in [5, 5.41) is 0. The largest absolute Gasteiger partial charge is 0.462 e. The molecule has 0 saturated heterocycles. The molecule has 34 heavy (non-hydrogen) atoms. The van der Waals surface area contributed by atoms with Gasteiger partial charge >= 0.3 is 11.9 Å². The van der Waals surface area contributed by atoms with Crippen LogP contribution in [0, 0.1) is 23.2 Å². The fourth-order valence-electron chi connectivity index (χ4n) is 7.15. The predicted octanol–water partition coefficient (Wildman–Crippen LogP) is 7.49. The molecule has 3 saturated carbocycles. The molecular weight excluding hydrogens is 424 g/mol. The van der Waals surface area contributed by atoms with Gasteiger partial charge in [-0.25, -0.2) is 0 Å². The van der Waals surface area contributed by atoms with Crippen LogP contribution in [0.1, 0.15) is 106 Å². The average Bonchev–Trinajstić information content (AvgIpc) is 3.09. The van der Waals surface area contributed by atoms with Crippen LogP contribution in [0.2, 0.25) is 0 Å². The quantitative estimate of drug-likeness (QED) is 0.362. The number of allylic oxidation sites excluding steroid dienone is 4. The highest BCUT2D eigenvalue weighted by Gasteiger charge is 2.50. The fraction of sp³-hybridized carbons (Fsp3) is 0.733. The number of carbonyl (C=O) groups is 2. The van der Waals surface area contributed by atoms with E-state index in [2.05, 4.69) is 32.6 Å². The van der Waals surface area contributed by atoms with Crippen molar-refractivity contribution in [2.45, 2.75) is 117 Å². The molecule has 0 aromatic rings. The molecule has 0 amide bonds. The Morgan fingerprint density at radius 2 is 1.88 bits per heavy atom. The minimum Gasteiger partial charge on any atom is -0.462 e. The smallest absolute Gasteiger partial charge is 0.303 e. The highest BCUT2D eigenvalue weighted by atomic mass is 16.6. The van der Waals surface area contributed by atoms with Crippen LogP contribution in [0.3, 0.4) is 0 Å². The highest BCUT2D eigenvalue weighted by molar-refractivity contribution is 5.66. The van der Waals surface area contributed by atoms with Crippen LogP contribution in [0.4, 0.5) is 0 Å². The monoisotopic (exact) mass is 470 g/mol. The second kappa shape index (κ2) is 10.8. The van der Waals surface area contributed by atoms with E-state index in [0.29, 0.717) is 23.2 Å². The molecule has 0 unspecified atom stereocenters. The van der Waals surface area contributed by atoms with E-state index in [1.54, 1.807) is 5.57 Å². The van der Waals surface area contributed by atoms with Gasteiger partial charge in [-0.1, -0.05) is 43.7 Å². The van der Waals surface area contributed by atoms with Gasteiger partial charge in [-0.2, -0.15) is 0 Å². The number of esters is 2. The van der Waals surface area contributed by atoms with Gasteiger partial charge in [0.15, 0.2) is 0 Å². The first kappa shape index (κ1) is 26.8. The Labute approximate surface area is 207 Å². The van der Waals surface area contributed by atoms with Gasteiger partial charge < -0.3 is 9.47 Å². The van der Waals surface area contributed by atoms with Crippen LogP contribution in [-0.4, -0.2) is 23.6 Å². The average molecular weight is 471 g/mol. The Morgan fingerprint density at radius 3 is 2.56 bits per heavy atom. The summed E-state index contributed by atoms with van der Waals surface area (Å²) in [6, 6.07) is 0. The van der Waals surface area contributed by atoms with Crippen molar-refractivity contribution in [2.75, 3.05) is 0 Å². The number of carbonyl (C=O) groups excluding carboxylic acids is 2. The lowest BCUT2D eigenvalue weighted by atomic mass is 9.60. The first-order chi connectivity index (χ1) is 15.9. The van der Waals surface area contributed by atoms with Gasteiger partial charge in [0.2, 0.25) is 0 Å². The molecule has 4 heteroatoms. The zero-order valence-corrected chi connectivity index (χ0v) is 22.4. The minimum atomic E-state index is -0.394. The third-order valence-corrected chi connectivity index (χ3v) is 8.85. The van der Waals surface area contributed by atoms with Crippen molar-refractivity contribution >= 4 is 11.9 Å². The van der Waals surface area contributed by atoms with E-state index in [1.807, 2.05) is 13.8 Å². The fourth-order valence-corrected chi connectivity index (χ4v) is 7.15. The summed E-state index contributed by atoms with van der Waals surface area (Å²) in [7, 11) is 0.